The SMILES string of the molecule is C=NNc1ccc(-n2c(-c3cccc(C)c3)nc3ccc(C(F)(F)F)nc32)cc1C. The molecule has 0 aliphatic rings. The summed E-state index contributed by atoms with van der Waals surface area (Å²) < 4.78 is 41.6. The standard InChI is InChI=1S/C22H18F3N5/c1-13-5-4-6-15(11-13)20-27-18-9-10-19(22(23,24)25)28-21(18)30(20)16-7-8-17(29-26-3)14(2)12-16/h4-12,29H,3H2,1-2H3. The molecule has 4 rings (SSSR count). The lowest BCUT2D eigenvalue weighted by Gasteiger charge is -2.13. The third kappa shape index (κ3) is 3.52. The fraction of sp³-hybridized carbons (Fsp3) is 0.136. The predicted molar refractivity (Wildman–Crippen MR) is 112 cm³/mol. The number of hydrazone groups is 1. The molecule has 2 heterocycles. The van der Waals surface area contributed by atoms with E-state index in [1.54, 1.807) is 16.7 Å². The Morgan fingerprint density at radius 2 is 1.80 bits per heavy atom. The Balaban J connectivity index is 2.02. The fourth-order valence-electron chi connectivity index (χ4n) is 3.34. The van der Waals surface area contributed by atoms with Gasteiger partial charge in [0.2, 0.25) is 0 Å². The van der Waals surface area contributed by atoms with Crippen LogP contribution in [0, 0.1) is 13.8 Å². The minimum atomic E-state index is -4.55. The minimum absolute atomic E-state index is 0.142. The number of hydrogen-bond donors (Lipinski definition) is 1. The molecule has 0 spiro atoms. The van der Waals surface area contributed by atoms with E-state index in [2.05, 4.69) is 27.2 Å². The number of fused-ring (bicyclic) bond motifs is 1. The Bertz CT molecular complexity index is 1260. The molecule has 0 aliphatic carbocycles. The number of imidazole rings is 1. The number of nitrogens with one attached hydrogen (secondary N) is 1. The lowest BCUT2D eigenvalue weighted by molar-refractivity contribution is -0.141. The summed E-state index contributed by atoms with van der Waals surface area (Å²) in [5, 5.41) is 3.67. The van der Waals surface area contributed by atoms with Crippen molar-refractivity contribution in [3.63, 3.8) is 0 Å². The predicted octanol–water partition coefficient (Wildman–Crippen LogP) is 5.75. The van der Waals surface area contributed by atoms with Crippen molar-refractivity contribution in [1.82, 2.24) is 14.5 Å². The Morgan fingerprint density at radius 1 is 1.00 bits per heavy atom. The highest BCUT2D eigenvalue weighted by Gasteiger charge is 2.33. The Kier molecular flexibility index (Phi) is 4.77. The number of nitrogens with zero attached hydrogens (tertiary/aromatic N) is 4. The second-order valence-corrected chi connectivity index (χ2v) is 6.95. The summed E-state index contributed by atoms with van der Waals surface area (Å²) in [6, 6.07) is 15.4. The summed E-state index contributed by atoms with van der Waals surface area (Å²) in [7, 11) is 0. The number of hydrogen-bond acceptors (Lipinski definition) is 4. The smallest absolute Gasteiger partial charge is 0.279 e. The van der Waals surface area contributed by atoms with Gasteiger partial charge in [0, 0.05) is 18.0 Å². The third-order valence-corrected chi connectivity index (χ3v) is 4.74. The molecule has 30 heavy (non-hydrogen) atoms. The van der Waals surface area contributed by atoms with Gasteiger partial charge < -0.3 is 0 Å². The van der Waals surface area contributed by atoms with Gasteiger partial charge in [-0.15, -0.1) is 0 Å². The van der Waals surface area contributed by atoms with Crippen LogP contribution in [-0.4, -0.2) is 21.3 Å². The highest BCUT2D eigenvalue weighted by Crippen LogP contribution is 2.33. The van der Waals surface area contributed by atoms with E-state index in [1.165, 1.54) is 6.07 Å². The number of halogens is 3. The van der Waals surface area contributed by atoms with Crippen LogP contribution in [0.1, 0.15) is 16.8 Å². The van der Waals surface area contributed by atoms with Crippen LogP contribution >= 0.6 is 0 Å². The van der Waals surface area contributed by atoms with E-state index < -0.39 is 11.9 Å². The quantitative estimate of drug-likeness (QED) is 0.345. The van der Waals surface area contributed by atoms with Crippen LogP contribution < -0.4 is 5.43 Å². The number of aromatic nitrogens is 3. The first kappa shape index (κ1) is 19.6. The molecule has 4 aromatic rings. The molecule has 0 fully saturated rings. The highest BCUT2D eigenvalue weighted by atomic mass is 19.4. The van der Waals surface area contributed by atoms with E-state index in [9.17, 15) is 13.2 Å². The van der Waals surface area contributed by atoms with Crippen molar-refractivity contribution < 1.29 is 13.2 Å². The summed E-state index contributed by atoms with van der Waals surface area (Å²) in [6.07, 6.45) is -4.55. The largest absolute Gasteiger partial charge is 0.433 e. The molecular weight excluding hydrogens is 391 g/mol. The topological polar surface area (TPSA) is 55.1 Å². The van der Waals surface area contributed by atoms with Crippen molar-refractivity contribution in [2.45, 2.75) is 20.0 Å². The Labute approximate surface area is 170 Å². The van der Waals surface area contributed by atoms with Crippen molar-refractivity contribution in [1.29, 1.82) is 0 Å². The van der Waals surface area contributed by atoms with Crippen molar-refractivity contribution in [3.8, 4) is 17.1 Å². The molecule has 0 aliphatic heterocycles. The lowest BCUT2D eigenvalue weighted by atomic mass is 10.1. The van der Waals surface area contributed by atoms with Crippen LogP contribution in [0.2, 0.25) is 0 Å². The van der Waals surface area contributed by atoms with Gasteiger partial charge in [-0.2, -0.15) is 18.3 Å². The minimum Gasteiger partial charge on any atom is -0.279 e. The first-order chi connectivity index (χ1) is 14.3. The van der Waals surface area contributed by atoms with E-state index in [-0.39, 0.29) is 5.65 Å². The van der Waals surface area contributed by atoms with Gasteiger partial charge in [0.05, 0.1) is 5.69 Å². The number of pyridine rings is 1. The van der Waals surface area contributed by atoms with Crippen LogP contribution in [-0.2, 0) is 6.18 Å². The molecule has 0 amide bonds. The van der Waals surface area contributed by atoms with Crippen LogP contribution in [0.4, 0.5) is 18.9 Å². The maximum absolute atomic E-state index is 13.3. The Hall–Kier alpha value is -3.68. The fourth-order valence-corrected chi connectivity index (χ4v) is 3.34. The number of aryl methyl sites for hydroxylation is 2. The molecule has 152 valence electrons. The summed E-state index contributed by atoms with van der Waals surface area (Å²) >= 11 is 0. The molecule has 0 bridgehead atoms. The van der Waals surface area contributed by atoms with Gasteiger partial charge >= 0.3 is 6.18 Å². The monoisotopic (exact) mass is 409 g/mol. The van der Waals surface area contributed by atoms with Crippen LogP contribution in [0.3, 0.4) is 0 Å². The molecule has 0 unspecified atom stereocenters. The van der Waals surface area contributed by atoms with Gasteiger partial charge in [-0.05, 0) is 55.8 Å². The maximum Gasteiger partial charge on any atom is 0.433 e. The van der Waals surface area contributed by atoms with E-state index in [1.807, 2.05) is 44.2 Å². The normalized spacial score (nSPS) is 11.6. The molecular formula is C22H18F3N5. The highest BCUT2D eigenvalue weighted by molar-refractivity contribution is 5.80. The van der Waals surface area contributed by atoms with E-state index in [0.29, 0.717) is 17.0 Å². The van der Waals surface area contributed by atoms with E-state index >= 15 is 0 Å². The van der Waals surface area contributed by atoms with Crippen molar-refractivity contribution >= 4 is 23.6 Å². The zero-order valence-electron chi connectivity index (χ0n) is 16.3. The molecule has 5 nitrogen and oxygen atoms in total. The molecule has 2 aromatic carbocycles. The van der Waals surface area contributed by atoms with Crippen LogP contribution in [0.5, 0.6) is 0 Å². The molecule has 1 N–H and O–H groups in total. The average Bonchev–Trinajstić information content (AvgIpc) is 3.08. The van der Waals surface area contributed by atoms with Crippen LogP contribution in [0.25, 0.3) is 28.2 Å². The summed E-state index contributed by atoms with van der Waals surface area (Å²) in [6.45, 7) is 7.23. The second kappa shape index (κ2) is 7.29. The van der Waals surface area contributed by atoms with E-state index in [4.69, 9.17) is 0 Å². The molecule has 8 heteroatoms. The zero-order valence-corrected chi connectivity index (χ0v) is 16.3. The van der Waals surface area contributed by atoms with E-state index in [0.717, 1.165) is 28.4 Å². The molecule has 0 radical (unpaired) electrons. The second-order valence-electron chi connectivity index (χ2n) is 6.95. The number of anilines is 1. The van der Waals surface area contributed by atoms with Crippen LogP contribution in [0.15, 0.2) is 59.7 Å². The zero-order chi connectivity index (χ0) is 21.5. The first-order valence-electron chi connectivity index (χ1n) is 9.14. The maximum atomic E-state index is 13.3. The molecule has 0 saturated heterocycles. The third-order valence-electron chi connectivity index (χ3n) is 4.74. The number of rotatable bonds is 4. The molecule has 2 aromatic heterocycles. The number of benzene rings is 2. The van der Waals surface area contributed by atoms with Crippen molar-refractivity contribution in [3.05, 3.63) is 71.4 Å². The van der Waals surface area contributed by atoms with Crippen molar-refractivity contribution in [2.24, 2.45) is 5.10 Å². The lowest BCUT2D eigenvalue weighted by Crippen LogP contribution is -2.09. The van der Waals surface area contributed by atoms with Gasteiger partial charge in [0.25, 0.3) is 0 Å². The van der Waals surface area contributed by atoms with Gasteiger partial charge in [0.15, 0.2) is 5.65 Å². The molecule has 0 saturated carbocycles. The average molecular weight is 409 g/mol. The Morgan fingerprint density at radius 3 is 2.47 bits per heavy atom. The van der Waals surface area contributed by atoms with Gasteiger partial charge in [-0.3, -0.25) is 9.99 Å². The van der Waals surface area contributed by atoms with Gasteiger partial charge in [0.1, 0.15) is 17.0 Å². The first-order valence-corrected chi connectivity index (χ1v) is 9.14. The summed E-state index contributed by atoms with van der Waals surface area (Å²) in [4.78, 5) is 8.51. The van der Waals surface area contributed by atoms with Crippen molar-refractivity contribution in [2.75, 3.05) is 5.43 Å². The number of alkyl halides is 3. The molecule has 0 atom stereocenters. The van der Waals surface area contributed by atoms with Gasteiger partial charge in [-0.1, -0.05) is 23.8 Å². The summed E-state index contributed by atoms with van der Waals surface area (Å²) in [5.74, 6) is 0.516. The van der Waals surface area contributed by atoms with Gasteiger partial charge in [-0.25, -0.2) is 9.97 Å². The summed E-state index contributed by atoms with van der Waals surface area (Å²) in [5.41, 5.74) is 6.41.